The van der Waals surface area contributed by atoms with Crippen molar-refractivity contribution in [2.24, 2.45) is 0 Å². The summed E-state index contributed by atoms with van der Waals surface area (Å²) in [5, 5.41) is 10.3. The minimum Gasteiger partial charge on any atom is -0.467 e. The molecule has 4 amide bonds. The predicted octanol–water partition coefficient (Wildman–Crippen LogP) is -0.0280. The van der Waals surface area contributed by atoms with E-state index in [0.717, 1.165) is 0 Å². The van der Waals surface area contributed by atoms with Gasteiger partial charge in [0.1, 0.15) is 12.1 Å². The number of imide groups is 1. The number of ether oxygens (including phenoxy) is 1. The molecule has 2 atom stereocenters. The minimum atomic E-state index is -0.730. The van der Waals surface area contributed by atoms with Crippen LogP contribution in [0.1, 0.15) is 45.7 Å². The van der Waals surface area contributed by atoms with Gasteiger partial charge in [0.25, 0.3) is 11.8 Å². The molecule has 1 saturated heterocycles. The highest BCUT2D eigenvalue weighted by Crippen LogP contribution is 2.29. The number of carbonyl (C=O) groups excluding carboxylic acids is 5. The van der Waals surface area contributed by atoms with Gasteiger partial charge in [0.2, 0.25) is 11.8 Å². The lowest BCUT2D eigenvalue weighted by molar-refractivity contribution is -0.146. The Morgan fingerprint density at radius 2 is 2.00 bits per heavy atom. The molecule has 1 N–H and O–H groups in total. The smallest absolute Gasteiger partial charge is 0.328 e. The maximum atomic E-state index is 13.0. The van der Waals surface area contributed by atoms with Crippen LogP contribution in [-0.4, -0.2) is 80.1 Å². The summed E-state index contributed by atoms with van der Waals surface area (Å²) >= 11 is 0. The van der Waals surface area contributed by atoms with Gasteiger partial charge in [-0.1, -0.05) is 17.4 Å². The van der Waals surface area contributed by atoms with Crippen molar-refractivity contribution < 1.29 is 28.7 Å². The first-order valence-electron chi connectivity index (χ1n) is 11.1. The Morgan fingerprint density at radius 1 is 1.17 bits per heavy atom. The number of fused-ring (bicyclic) bond motifs is 1. The van der Waals surface area contributed by atoms with Gasteiger partial charge in [-0.2, -0.15) is 0 Å². The molecule has 1 aromatic heterocycles. The number of hydrogen-bond donors (Lipinski definition) is 1. The number of rotatable bonds is 4. The Labute approximate surface area is 199 Å². The monoisotopic (exact) mass is 478 g/mol. The molecule has 3 aliphatic rings. The lowest BCUT2D eigenvalue weighted by atomic mass is 10.0. The van der Waals surface area contributed by atoms with E-state index in [9.17, 15) is 24.0 Å². The summed E-state index contributed by atoms with van der Waals surface area (Å²) < 4.78 is 6.23. The molecule has 0 saturated carbocycles. The molecule has 1 fully saturated rings. The number of esters is 1. The van der Waals surface area contributed by atoms with Crippen LogP contribution in [0.3, 0.4) is 0 Å². The maximum Gasteiger partial charge on any atom is 0.328 e. The van der Waals surface area contributed by atoms with Crippen LogP contribution >= 0.6 is 0 Å². The van der Waals surface area contributed by atoms with E-state index in [4.69, 9.17) is 4.74 Å². The summed E-state index contributed by atoms with van der Waals surface area (Å²) in [6.45, 7) is 0.471. The summed E-state index contributed by atoms with van der Waals surface area (Å²) in [6.07, 6.45) is 5.91. The number of aromatic nitrogens is 3. The summed E-state index contributed by atoms with van der Waals surface area (Å²) in [6, 6.07) is 3.64. The molecule has 2 unspecified atom stereocenters. The number of nitrogens with one attached hydrogen (secondary N) is 1. The first-order chi connectivity index (χ1) is 16.9. The third-order valence-corrected chi connectivity index (χ3v) is 6.42. The number of amides is 4. The molecule has 35 heavy (non-hydrogen) atoms. The Bertz CT molecular complexity index is 1280. The molecule has 3 aliphatic heterocycles. The van der Waals surface area contributed by atoms with Gasteiger partial charge in [-0.25, -0.2) is 9.48 Å². The van der Waals surface area contributed by atoms with Crippen LogP contribution in [0.15, 0.2) is 36.5 Å². The lowest BCUT2D eigenvalue weighted by Gasteiger charge is -2.30. The second-order valence-corrected chi connectivity index (χ2v) is 8.49. The largest absolute Gasteiger partial charge is 0.467 e. The van der Waals surface area contributed by atoms with Crippen LogP contribution in [0, 0.1) is 0 Å². The Kier molecular flexibility index (Phi) is 5.63. The van der Waals surface area contributed by atoms with Gasteiger partial charge in [-0.3, -0.25) is 24.5 Å². The fraction of sp³-hybridized carbons (Fsp3) is 0.348. The molecule has 0 bridgehead atoms. The molecule has 12 heteroatoms. The highest BCUT2D eigenvalue weighted by Gasteiger charge is 2.39. The summed E-state index contributed by atoms with van der Waals surface area (Å²) in [7, 11) is 1.28. The van der Waals surface area contributed by atoms with Crippen LogP contribution in [0.4, 0.5) is 0 Å². The van der Waals surface area contributed by atoms with E-state index in [1.165, 1.54) is 27.8 Å². The molecular formula is C23H22N6O6. The second kappa shape index (κ2) is 8.78. The summed E-state index contributed by atoms with van der Waals surface area (Å²) in [4.78, 5) is 64.5. The second-order valence-electron chi connectivity index (χ2n) is 8.49. The Morgan fingerprint density at radius 3 is 2.77 bits per heavy atom. The van der Waals surface area contributed by atoms with Crippen LogP contribution in [-0.2, 0) is 25.7 Å². The van der Waals surface area contributed by atoms with Gasteiger partial charge in [0.05, 0.1) is 19.0 Å². The molecule has 1 aromatic carbocycles. The van der Waals surface area contributed by atoms with Crippen molar-refractivity contribution in [1.82, 2.24) is 30.1 Å². The van der Waals surface area contributed by atoms with Crippen molar-refractivity contribution in [2.75, 3.05) is 13.7 Å². The van der Waals surface area contributed by atoms with E-state index in [2.05, 4.69) is 15.6 Å². The predicted molar refractivity (Wildman–Crippen MR) is 118 cm³/mol. The van der Waals surface area contributed by atoms with Crippen molar-refractivity contribution in [3.8, 4) is 5.69 Å². The maximum absolute atomic E-state index is 13.0. The third kappa shape index (κ3) is 3.96. The van der Waals surface area contributed by atoms with E-state index >= 15 is 0 Å². The number of benzene rings is 1. The molecule has 0 aliphatic carbocycles. The van der Waals surface area contributed by atoms with E-state index < -0.39 is 29.9 Å². The Hall–Kier alpha value is -4.35. The Balaban J connectivity index is 1.35. The molecule has 180 valence electrons. The van der Waals surface area contributed by atoms with Crippen molar-refractivity contribution >= 4 is 29.6 Å². The quantitative estimate of drug-likeness (QED) is 0.367. The average molecular weight is 478 g/mol. The normalized spacial score (nSPS) is 21.7. The number of piperidine rings is 1. The summed E-state index contributed by atoms with van der Waals surface area (Å²) in [5.74, 6) is -2.04. The first-order valence-corrected chi connectivity index (χ1v) is 11.1. The van der Waals surface area contributed by atoms with Crippen LogP contribution in [0.5, 0.6) is 0 Å². The standard InChI is InChI=1S/C23H22N6O6/c1-35-23(34)18-4-2-3-9-27(18)22(33)16-12-29(26-25-16)14-5-6-15-13(10-14)11-28(21(15)32)17-7-8-19(30)24-20(17)31/h2-3,5-6,10,12,17-18H,4,7-9,11H2,1H3,(H,24,30,31). The van der Waals surface area contributed by atoms with Gasteiger partial charge >= 0.3 is 5.97 Å². The zero-order chi connectivity index (χ0) is 24.7. The van der Waals surface area contributed by atoms with Crippen LogP contribution in [0.25, 0.3) is 5.69 Å². The van der Waals surface area contributed by atoms with Gasteiger partial charge in [0.15, 0.2) is 5.69 Å². The van der Waals surface area contributed by atoms with E-state index in [0.29, 0.717) is 23.2 Å². The van der Waals surface area contributed by atoms with Crippen molar-refractivity contribution in [3.63, 3.8) is 0 Å². The van der Waals surface area contributed by atoms with Crippen molar-refractivity contribution in [1.29, 1.82) is 0 Å². The molecule has 0 spiro atoms. The van der Waals surface area contributed by atoms with E-state index in [1.54, 1.807) is 24.3 Å². The average Bonchev–Trinajstić information content (AvgIpc) is 3.48. The molecule has 12 nitrogen and oxygen atoms in total. The van der Waals surface area contributed by atoms with Crippen LogP contribution in [0.2, 0.25) is 0 Å². The van der Waals surface area contributed by atoms with Gasteiger partial charge in [-0.05, 0) is 36.6 Å². The summed E-state index contributed by atoms with van der Waals surface area (Å²) in [5.41, 5.74) is 1.82. The van der Waals surface area contributed by atoms with E-state index in [-0.39, 0.29) is 43.4 Å². The van der Waals surface area contributed by atoms with Crippen LogP contribution < -0.4 is 5.32 Å². The highest BCUT2D eigenvalue weighted by molar-refractivity contribution is 6.05. The zero-order valence-corrected chi connectivity index (χ0v) is 18.8. The fourth-order valence-electron chi connectivity index (χ4n) is 4.59. The van der Waals surface area contributed by atoms with Crippen molar-refractivity contribution in [2.45, 2.75) is 37.9 Å². The van der Waals surface area contributed by atoms with Gasteiger partial charge in [-0.15, -0.1) is 5.10 Å². The highest BCUT2D eigenvalue weighted by atomic mass is 16.5. The zero-order valence-electron chi connectivity index (χ0n) is 18.8. The number of carbonyl (C=O) groups is 5. The first kappa shape index (κ1) is 22.4. The van der Waals surface area contributed by atoms with Crippen molar-refractivity contribution in [3.05, 3.63) is 53.4 Å². The molecule has 4 heterocycles. The van der Waals surface area contributed by atoms with Gasteiger partial charge < -0.3 is 14.5 Å². The number of methoxy groups -OCH3 is 1. The topological polar surface area (TPSA) is 144 Å². The molecule has 0 radical (unpaired) electrons. The third-order valence-electron chi connectivity index (χ3n) is 6.42. The van der Waals surface area contributed by atoms with Gasteiger partial charge in [0, 0.05) is 25.1 Å². The lowest BCUT2D eigenvalue weighted by Crippen LogP contribution is -2.52. The number of hydrogen-bond acceptors (Lipinski definition) is 8. The molecule has 2 aromatic rings. The SMILES string of the molecule is COC(=O)C1CC=CCN1C(=O)c1cn(-c2ccc3c(c2)CN(C2CCC(=O)NC2=O)C3=O)nn1. The molecular weight excluding hydrogens is 456 g/mol. The molecule has 5 rings (SSSR count). The fourth-order valence-corrected chi connectivity index (χ4v) is 4.59. The number of nitrogens with zero attached hydrogens (tertiary/aromatic N) is 5. The minimum absolute atomic E-state index is 0.0657. The van der Waals surface area contributed by atoms with E-state index in [1.807, 2.05) is 6.08 Å².